The zero-order valence-electron chi connectivity index (χ0n) is 19.7. The van der Waals surface area contributed by atoms with Crippen LogP contribution in [-0.4, -0.2) is 39.8 Å². The van der Waals surface area contributed by atoms with Gasteiger partial charge in [-0.3, -0.25) is 19.3 Å². The lowest BCUT2D eigenvalue weighted by molar-refractivity contribution is -0.122. The normalized spacial score (nSPS) is 23.0. The fraction of sp³-hybridized carbons (Fsp3) is 0.241. The van der Waals surface area contributed by atoms with Crippen molar-refractivity contribution in [1.82, 2.24) is 0 Å². The number of hydrogen-bond donors (Lipinski definition) is 0. The lowest BCUT2D eigenvalue weighted by Gasteiger charge is -2.29. The Morgan fingerprint density at radius 3 is 1.97 bits per heavy atom. The van der Waals surface area contributed by atoms with Crippen LogP contribution in [0.25, 0.3) is 11.1 Å². The lowest BCUT2D eigenvalue weighted by Crippen LogP contribution is -2.34. The highest BCUT2D eigenvalue weighted by atomic mass is 79.9. The molecule has 2 fully saturated rings. The van der Waals surface area contributed by atoms with Crippen molar-refractivity contribution < 1.29 is 23.9 Å². The maximum Gasteiger partial charge on any atom is 0.338 e. The molecule has 1 heterocycles. The number of anilines is 1. The molecule has 1 aliphatic carbocycles. The van der Waals surface area contributed by atoms with Gasteiger partial charge < -0.3 is 4.74 Å². The number of alkyl halides is 2. The van der Waals surface area contributed by atoms with Crippen LogP contribution in [0.2, 0.25) is 0 Å². The van der Waals surface area contributed by atoms with Crippen molar-refractivity contribution in [3.05, 3.63) is 90.0 Å². The van der Waals surface area contributed by atoms with Crippen LogP contribution in [0.5, 0.6) is 0 Å². The van der Waals surface area contributed by atoms with E-state index in [1.54, 1.807) is 24.3 Å². The van der Waals surface area contributed by atoms with Crippen molar-refractivity contribution in [1.29, 1.82) is 0 Å². The van der Waals surface area contributed by atoms with Gasteiger partial charge >= 0.3 is 5.97 Å². The second-order valence-corrected chi connectivity index (χ2v) is 11.6. The number of hydrogen-bond acceptors (Lipinski definition) is 5. The number of carbonyl (C=O) groups excluding carboxylic acids is 4. The minimum Gasteiger partial charge on any atom is -0.454 e. The SMILES string of the molecule is O=C(COC(=O)c1cccc(N2C(=O)[C@@H]3C[C@H](Br)[C@@H](Br)C[C@H]3C2=O)c1)c1ccc(-c2ccccc2)cc1. The van der Waals surface area contributed by atoms with E-state index in [-0.39, 0.29) is 44.7 Å². The van der Waals surface area contributed by atoms with Crippen molar-refractivity contribution in [2.45, 2.75) is 22.5 Å². The first-order chi connectivity index (χ1) is 17.8. The number of halogens is 2. The fourth-order valence-corrected chi connectivity index (χ4v) is 6.14. The molecule has 4 atom stereocenters. The topological polar surface area (TPSA) is 80.8 Å². The summed E-state index contributed by atoms with van der Waals surface area (Å²) in [6, 6.07) is 23.1. The van der Waals surface area contributed by atoms with E-state index in [0.29, 0.717) is 24.1 Å². The number of amides is 2. The molecule has 8 heteroatoms. The van der Waals surface area contributed by atoms with Gasteiger partial charge in [-0.2, -0.15) is 0 Å². The van der Waals surface area contributed by atoms with Crippen molar-refractivity contribution in [3.8, 4) is 11.1 Å². The smallest absolute Gasteiger partial charge is 0.338 e. The zero-order chi connectivity index (χ0) is 26.1. The Balaban J connectivity index is 1.24. The highest BCUT2D eigenvalue weighted by Gasteiger charge is 2.52. The van der Waals surface area contributed by atoms with Gasteiger partial charge in [0.05, 0.1) is 23.1 Å². The molecule has 188 valence electrons. The number of carbonyl (C=O) groups is 4. The van der Waals surface area contributed by atoms with Crippen LogP contribution < -0.4 is 4.90 Å². The van der Waals surface area contributed by atoms with Crippen molar-refractivity contribution in [3.63, 3.8) is 0 Å². The van der Waals surface area contributed by atoms with Gasteiger partial charge in [-0.05, 0) is 42.2 Å². The third-order valence-corrected chi connectivity index (χ3v) is 9.63. The summed E-state index contributed by atoms with van der Waals surface area (Å²) in [5.74, 6) is -2.29. The quantitative estimate of drug-likeness (QED) is 0.149. The monoisotopic (exact) mass is 623 g/mol. The molecule has 2 aliphatic rings. The molecular formula is C29H23Br2NO5. The zero-order valence-corrected chi connectivity index (χ0v) is 22.9. The van der Waals surface area contributed by atoms with E-state index in [4.69, 9.17) is 4.74 Å². The summed E-state index contributed by atoms with van der Waals surface area (Å²) >= 11 is 7.17. The molecule has 0 unspecified atom stereocenters. The maximum absolute atomic E-state index is 13.1. The van der Waals surface area contributed by atoms with E-state index in [1.165, 1.54) is 17.0 Å². The highest BCUT2D eigenvalue weighted by Crippen LogP contribution is 2.44. The van der Waals surface area contributed by atoms with Crippen molar-refractivity contribution in [2.24, 2.45) is 11.8 Å². The molecule has 3 aromatic carbocycles. The Morgan fingerprint density at radius 1 is 0.757 bits per heavy atom. The number of rotatable bonds is 6. The predicted molar refractivity (Wildman–Crippen MR) is 147 cm³/mol. The Bertz CT molecular complexity index is 1330. The Labute approximate surface area is 231 Å². The van der Waals surface area contributed by atoms with Gasteiger partial charge in [0, 0.05) is 15.2 Å². The van der Waals surface area contributed by atoms with E-state index in [9.17, 15) is 19.2 Å². The third kappa shape index (κ3) is 5.18. The van der Waals surface area contributed by atoms with Crippen LogP contribution in [0.15, 0.2) is 78.9 Å². The summed E-state index contributed by atoms with van der Waals surface area (Å²) < 4.78 is 5.26. The summed E-state index contributed by atoms with van der Waals surface area (Å²) in [5, 5.41) is 0. The van der Waals surface area contributed by atoms with Gasteiger partial charge in [0.25, 0.3) is 0 Å². The second-order valence-electron chi connectivity index (χ2n) is 9.22. The predicted octanol–water partition coefficient (Wildman–Crippen LogP) is 5.82. The molecule has 0 bridgehead atoms. The van der Waals surface area contributed by atoms with Gasteiger partial charge in [-0.1, -0.05) is 92.5 Å². The Morgan fingerprint density at radius 2 is 1.35 bits per heavy atom. The summed E-state index contributed by atoms with van der Waals surface area (Å²) in [6.45, 7) is -0.418. The summed E-state index contributed by atoms with van der Waals surface area (Å²) in [4.78, 5) is 52.9. The number of imide groups is 1. The van der Waals surface area contributed by atoms with Crippen LogP contribution in [0.1, 0.15) is 33.6 Å². The van der Waals surface area contributed by atoms with Crippen LogP contribution in [-0.2, 0) is 14.3 Å². The minimum atomic E-state index is -0.700. The largest absolute Gasteiger partial charge is 0.454 e. The molecular weight excluding hydrogens is 602 g/mol. The number of nitrogens with zero attached hydrogens (tertiary/aromatic N) is 1. The van der Waals surface area contributed by atoms with Crippen LogP contribution in [0.4, 0.5) is 5.69 Å². The van der Waals surface area contributed by atoms with E-state index < -0.39 is 12.6 Å². The van der Waals surface area contributed by atoms with E-state index in [1.807, 2.05) is 42.5 Å². The number of ketones is 1. The van der Waals surface area contributed by atoms with E-state index in [0.717, 1.165) is 11.1 Å². The Kier molecular flexibility index (Phi) is 7.40. The molecule has 1 saturated heterocycles. The molecule has 37 heavy (non-hydrogen) atoms. The van der Waals surface area contributed by atoms with Crippen molar-refractivity contribution >= 4 is 61.1 Å². The first-order valence-electron chi connectivity index (χ1n) is 12.0. The number of esters is 1. The van der Waals surface area contributed by atoms with Crippen LogP contribution in [0.3, 0.4) is 0 Å². The molecule has 1 aliphatic heterocycles. The molecule has 6 nitrogen and oxygen atoms in total. The Hall–Kier alpha value is -3.10. The summed E-state index contributed by atoms with van der Waals surface area (Å²) in [7, 11) is 0. The first-order valence-corrected chi connectivity index (χ1v) is 13.8. The molecule has 1 saturated carbocycles. The number of fused-ring (bicyclic) bond motifs is 1. The lowest BCUT2D eigenvalue weighted by atomic mass is 9.81. The van der Waals surface area contributed by atoms with Gasteiger partial charge in [0.2, 0.25) is 11.8 Å². The number of Topliss-reactive ketones (excluding diaryl/α,β-unsaturated/α-hetero) is 1. The number of benzene rings is 3. The minimum absolute atomic E-state index is 0.110. The standard InChI is InChI=1S/C29H23Br2NO5/c30-24-14-22-23(15-25(24)31)28(35)32(27(22)34)21-8-4-7-20(13-21)29(36)37-16-26(33)19-11-9-18(10-12-19)17-5-2-1-3-6-17/h1-13,22-25H,14-16H2/t22-,23-,24+,25+/m1/s1. The second kappa shape index (κ2) is 10.7. The van der Waals surface area contributed by atoms with Gasteiger partial charge in [-0.15, -0.1) is 0 Å². The molecule has 0 spiro atoms. The van der Waals surface area contributed by atoms with E-state index >= 15 is 0 Å². The number of ether oxygens (including phenoxy) is 1. The highest BCUT2D eigenvalue weighted by molar-refractivity contribution is 9.12. The van der Waals surface area contributed by atoms with E-state index in [2.05, 4.69) is 31.9 Å². The molecule has 3 aromatic rings. The first kappa shape index (κ1) is 25.5. The molecule has 0 aromatic heterocycles. The molecule has 2 amide bonds. The average Bonchev–Trinajstić information content (AvgIpc) is 3.16. The van der Waals surface area contributed by atoms with Crippen LogP contribution >= 0.6 is 31.9 Å². The molecule has 5 rings (SSSR count). The summed E-state index contributed by atoms with van der Waals surface area (Å²) in [5.41, 5.74) is 2.96. The fourth-order valence-electron chi connectivity index (χ4n) is 4.90. The van der Waals surface area contributed by atoms with Gasteiger partial charge in [0.15, 0.2) is 12.4 Å². The maximum atomic E-state index is 13.1. The molecule has 0 radical (unpaired) electrons. The van der Waals surface area contributed by atoms with Gasteiger partial charge in [-0.25, -0.2) is 4.79 Å². The molecule has 0 N–H and O–H groups in total. The summed E-state index contributed by atoms with van der Waals surface area (Å²) in [6.07, 6.45) is 1.13. The average molecular weight is 625 g/mol. The third-order valence-electron chi connectivity index (χ3n) is 6.90. The van der Waals surface area contributed by atoms with Gasteiger partial charge in [0.1, 0.15) is 0 Å². The van der Waals surface area contributed by atoms with Crippen molar-refractivity contribution in [2.75, 3.05) is 11.5 Å². The van der Waals surface area contributed by atoms with Crippen LogP contribution in [0, 0.1) is 11.8 Å².